The maximum atomic E-state index is 12.2. The number of ether oxygens (including phenoxy) is 2. The van der Waals surface area contributed by atoms with Crippen molar-refractivity contribution in [2.75, 3.05) is 0 Å². The number of benzene rings is 2. The van der Waals surface area contributed by atoms with Crippen LogP contribution in [0.1, 0.15) is 49.5 Å². The summed E-state index contributed by atoms with van der Waals surface area (Å²) in [5, 5.41) is 0.0629. The Balaban J connectivity index is 1.93. The Morgan fingerprint density at radius 3 is 2.16 bits per heavy atom. The highest BCUT2D eigenvalue weighted by atomic mass is 35.5. The molecule has 0 saturated carbocycles. The van der Waals surface area contributed by atoms with Gasteiger partial charge in [0.1, 0.15) is 11.5 Å². The second-order valence-corrected chi connectivity index (χ2v) is 7.00. The van der Waals surface area contributed by atoms with Gasteiger partial charge in [0.05, 0.1) is 11.7 Å². The maximum Gasteiger partial charge on any atom is 0.343 e. The first-order valence-electron chi connectivity index (χ1n) is 8.70. The predicted molar refractivity (Wildman–Crippen MR) is 102 cm³/mol. The summed E-state index contributed by atoms with van der Waals surface area (Å²) >= 11 is 5.97. The van der Waals surface area contributed by atoms with Gasteiger partial charge >= 0.3 is 5.97 Å². The Morgan fingerprint density at radius 2 is 1.60 bits per heavy atom. The zero-order valence-electron chi connectivity index (χ0n) is 15.0. The van der Waals surface area contributed by atoms with Crippen molar-refractivity contribution in [3.63, 3.8) is 0 Å². The summed E-state index contributed by atoms with van der Waals surface area (Å²) in [5.41, 5.74) is 1.73. The molecule has 2 rings (SSSR count). The number of carbonyl (C=O) groups is 1. The molecule has 2 unspecified atom stereocenters. The largest absolute Gasteiger partial charge is 0.491 e. The summed E-state index contributed by atoms with van der Waals surface area (Å²) in [6.07, 6.45) is 2.90. The van der Waals surface area contributed by atoms with E-state index < -0.39 is 0 Å². The van der Waals surface area contributed by atoms with Crippen molar-refractivity contribution in [2.45, 2.75) is 51.5 Å². The summed E-state index contributed by atoms with van der Waals surface area (Å²) in [7, 11) is 0. The van der Waals surface area contributed by atoms with E-state index in [0.29, 0.717) is 17.1 Å². The van der Waals surface area contributed by atoms with Gasteiger partial charge in [-0.1, -0.05) is 25.5 Å². The molecule has 4 heteroatoms. The molecule has 0 spiro atoms. The molecular weight excluding hydrogens is 336 g/mol. The average molecular weight is 361 g/mol. The van der Waals surface area contributed by atoms with Crippen LogP contribution in [0, 0.1) is 0 Å². The van der Waals surface area contributed by atoms with Gasteiger partial charge in [0.15, 0.2) is 0 Å². The Hall–Kier alpha value is -2.00. The van der Waals surface area contributed by atoms with Gasteiger partial charge in [-0.25, -0.2) is 4.79 Å². The van der Waals surface area contributed by atoms with Gasteiger partial charge in [0, 0.05) is 11.8 Å². The van der Waals surface area contributed by atoms with E-state index in [-0.39, 0.29) is 17.5 Å². The molecule has 134 valence electrons. The van der Waals surface area contributed by atoms with Gasteiger partial charge in [-0.2, -0.15) is 0 Å². The van der Waals surface area contributed by atoms with Crippen LogP contribution in [0.15, 0.2) is 48.5 Å². The summed E-state index contributed by atoms with van der Waals surface area (Å²) in [6.45, 7) is 6.05. The molecule has 2 aromatic carbocycles. The van der Waals surface area contributed by atoms with Crippen molar-refractivity contribution in [1.29, 1.82) is 0 Å². The zero-order chi connectivity index (χ0) is 18.2. The third-order valence-corrected chi connectivity index (χ3v) is 3.93. The standard InChI is InChI=1S/C21H25ClO3/c1-4-5-17-6-10-20(11-7-17)25-21(23)18-8-12-19(13-9-18)24-16(3)14-15(2)22/h6-13,15-16H,4-5,14H2,1-3H3. The van der Waals surface area contributed by atoms with E-state index >= 15 is 0 Å². The second-order valence-electron chi connectivity index (χ2n) is 6.25. The van der Waals surface area contributed by atoms with E-state index in [4.69, 9.17) is 21.1 Å². The van der Waals surface area contributed by atoms with Gasteiger partial charge in [-0.3, -0.25) is 0 Å². The van der Waals surface area contributed by atoms with E-state index in [0.717, 1.165) is 19.3 Å². The summed E-state index contributed by atoms with van der Waals surface area (Å²) in [5.74, 6) is 0.886. The highest BCUT2D eigenvalue weighted by Crippen LogP contribution is 2.19. The van der Waals surface area contributed by atoms with E-state index in [2.05, 4.69) is 6.92 Å². The number of aryl methyl sites for hydroxylation is 1. The molecule has 0 saturated heterocycles. The van der Waals surface area contributed by atoms with Crippen molar-refractivity contribution in [3.8, 4) is 11.5 Å². The van der Waals surface area contributed by atoms with Crippen LogP contribution < -0.4 is 9.47 Å². The predicted octanol–water partition coefficient (Wildman–Crippen LogP) is 5.64. The molecule has 2 atom stereocenters. The average Bonchev–Trinajstić information content (AvgIpc) is 2.56. The van der Waals surface area contributed by atoms with Crippen LogP contribution in [-0.4, -0.2) is 17.5 Å². The molecule has 0 N–H and O–H groups in total. The van der Waals surface area contributed by atoms with Crippen LogP contribution in [0.5, 0.6) is 11.5 Å². The third kappa shape index (κ3) is 6.43. The van der Waals surface area contributed by atoms with E-state index in [1.165, 1.54) is 5.56 Å². The van der Waals surface area contributed by atoms with Gasteiger partial charge < -0.3 is 9.47 Å². The molecule has 0 fully saturated rings. The molecule has 2 aromatic rings. The lowest BCUT2D eigenvalue weighted by molar-refractivity contribution is 0.0734. The summed E-state index contributed by atoms with van der Waals surface area (Å²) < 4.78 is 11.2. The fraction of sp³-hybridized carbons (Fsp3) is 0.381. The highest BCUT2D eigenvalue weighted by Gasteiger charge is 2.11. The van der Waals surface area contributed by atoms with Crippen molar-refractivity contribution in [2.24, 2.45) is 0 Å². The minimum absolute atomic E-state index is 0.0203. The van der Waals surface area contributed by atoms with Crippen LogP contribution in [0.3, 0.4) is 0 Å². The van der Waals surface area contributed by atoms with Crippen molar-refractivity contribution >= 4 is 17.6 Å². The van der Waals surface area contributed by atoms with Gasteiger partial charge in [0.2, 0.25) is 0 Å². The lowest BCUT2D eigenvalue weighted by Crippen LogP contribution is -2.15. The number of carbonyl (C=O) groups excluding carboxylic acids is 1. The topological polar surface area (TPSA) is 35.5 Å². The number of halogens is 1. The van der Waals surface area contributed by atoms with Crippen LogP contribution >= 0.6 is 11.6 Å². The monoisotopic (exact) mass is 360 g/mol. The molecule has 0 amide bonds. The molecule has 0 radical (unpaired) electrons. The SMILES string of the molecule is CCCc1ccc(OC(=O)c2ccc(OC(C)CC(C)Cl)cc2)cc1. The number of esters is 1. The Bertz CT molecular complexity index is 663. The molecule has 0 aliphatic carbocycles. The lowest BCUT2D eigenvalue weighted by Gasteiger charge is -2.15. The molecule has 25 heavy (non-hydrogen) atoms. The van der Waals surface area contributed by atoms with Gasteiger partial charge in [-0.05, 0) is 62.2 Å². The van der Waals surface area contributed by atoms with Gasteiger partial charge in [0.25, 0.3) is 0 Å². The number of alkyl halides is 1. The van der Waals surface area contributed by atoms with Crippen LogP contribution in [0.2, 0.25) is 0 Å². The molecule has 0 aromatic heterocycles. The lowest BCUT2D eigenvalue weighted by atomic mass is 10.1. The molecular formula is C21H25ClO3. The van der Waals surface area contributed by atoms with Crippen LogP contribution in [0.4, 0.5) is 0 Å². The maximum absolute atomic E-state index is 12.2. The first-order valence-corrected chi connectivity index (χ1v) is 9.13. The second kappa shape index (κ2) is 9.47. The number of rotatable bonds is 8. The van der Waals surface area contributed by atoms with Gasteiger partial charge in [-0.15, -0.1) is 11.6 Å². The van der Waals surface area contributed by atoms with Crippen molar-refractivity contribution in [1.82, 2.24) is 0 Å². The number of hydrogen-bond donors (Lipinski definition) is 0. The summed E-state index contributed by atoms with van der Waals surface area (Å²) in [6, 6.07) is 14.6. The highest BCUT2D eigenvalue weighted by molar-refractivity contribution is 6.20. The Kier molecular flexibility index (Phi) is 7.32. The third-order valence-electron chi connectivity index (χ3n) is 3.76. The minimum Gasteiger partial charge on any atom is -0.491 e. The van der Waals surface area contributed by atoms with Crippen LogP contribution in [-0.2, 0) is 6.42 Å². The fourth-order valence-corrected chi connectivity index (χ4v) is 2.84. The molecule has 0 heterocycles. The molecule has 0 bridgehead atoms. The van der Waals surface area contributed by atoms with E-state index in [1.807, 2.05) is 38.1 Å². The Morgan fingerprint density at radius 1 is 1.00 bits per heavy atom. The molecule has 0 aliphatic rings. The zero-order valence-corrected chi connectivity index (χ0v) is 15.8. The quantitative estimate of drug-likeness (QED) is 0.347. The normalized spacial score (nSPS) is 13.1. The number of hydrogen-bond acceptors (Lipinski definition) is 3. The first kappa shape index (κ1) is 19.3. The minimum atomic E-state index is -0.378. The Labute approximate surface area is 154 Å². The van der Waals surface area contributed by atoms with Crippen molar-refractivity contribution < 1.29 is 14.3 Å². The molecule has 0 aliphatic heterocycles. The first-order chi connectivity index (χ1) is 12.0. The van der Waals surface area contributed by atoms with Crippen LogP contribution in [0.25, 0.3) is 0 Å². The van der Waals surface area contributed by atoms with E-state index in [9.17, 15) is 4.79 Å². The summed E-state index contributed by atoms with van der Waals surface area (Å²) in [4.78, 5) is 12.2. The van der Waals surface area contributed by atoms with Crippen molar-refractivity contribution in [3.05, 3.63) is 59.7 Å². The smallest absolute Gasteiger partial charge is 0.343 e. The fourth-order valence-electron chi connectivity index (χ4n) is 2.59. The molecule has 3 nitrogen and oxygen atoms in total. The van der Waals surface area contributed by atoms with E-state index in [1.54, 1.807) is 24.3 Å².